The number of rotatable bonds is 11. The summed E-state index contributed by atoms with van der Waals surface area (Å²) in [5.74, 6) is 0. The van der Waals surface area contributed by atoms with Crippen LogP contribution in [0.1, 0.15) is 63.4 Å². The standard InChI is InChI=1S/C108H78I/c1-11-56-109-108-106-84-51-47-77-76-46-50-81-100-80(102-92(70-36-20-61(6)21-37-70)88(66-28-12-57(2)13-29-66)89(67-30-14-58(3)15-31-67)93(103(81)102)71-38-22-62(7)23-39-71)49-45-75(97(76)100)74-44-48-78(98(84)96(74)77)86(106)65(10)87-79-52-53-82-101-83(54-55-85(99(79)101)107(87)108)105-95(73-42-26-64(9)27-43-73)91(69-34-18-60(5)19-35-69)90(68-32-16-59(4)17-33-68)94(104(82)105)72-40-24-63(8)25-41-72/h12-55H,11,56H2,1-10H3/q-1. The van der Waals surface area contributed by atoms with Crippen molar-refractivity contribution in [2.24, 2.45) is 0 Å². The molecule has 0 saturated heterocycles. The van der Waals surface area contributed by atoms with E-state index < -0.39 is 21.2 Å². The Labute approximate surface area is 645 Å². The van der Waals surface area contributed by atoms with Crippen molar-refractivity contribution in [3.05, 3.63) is 341 Å². The molecule has 0 spiro atoms. The molecule has 0 heterocycles. The number of fused-ring (bicyclic) bond motifs is 12. The summed E-state index contributed by atoms with van der Waals surface area (Å²) in [5.41, 5.74) is 36.9. The van der Waals surface area contributed by atoms with Gasteiger partial charge in [0.25, 0.3) is 0 Å². The fraction of sp³-hybridized carbons (Fsp3) is 0.111. The van der Waals surface area contributed by atoms with E-state index >= 15 is 0 Å². The van der Waals surface area contributed by atoms with Crippen LogP contribution in [0.5, 0.6) is 0 Å². The molecule has 518 valence electrons. The van der Waals surface area contributed by atoms with E-state index in [1.165, 1.54) is 284 Å². The molecule has 0 aliphatic heterocycles. The van der Waals surface area contributed by atoms with E-state index in [2.05, 4.69) is 336 Å². The number of aryl methyl sites for hydroxylation is 9. The van der Waals surface area contributed by atoms with Crippen molar-refractivity contribution in [1.82, 2.24) is 0 Å². The molecule has 0 unspecified atom stereocenters. The summed E-state index contributed by atoms with van der Waals surface area (Å²) in [7, 11) is 0. The van der Waals surface area contributed by atoms with Gasteiger partial charge in [0, 0.05) is 0 Å². The Kier molecular flexibility index (Phi) is 14.1. The van der Waals surface area contributed by atoms with E-state index in [1.807, 2.05) is 0 Å². The third kappa shape index (κ3) is 9.12. The predicted molar refractivity (Wildman–Crippen MR) is 464 cm³/mol. The molecular formula is C108H78I-. The van der Waals surface area contributed by atoms with Gasteiger partial charge in [-0.2, -0.15) is 0 Å². The van der Waals surface area contributed by atoms with Gasteiger partial charge < -0.3 is 0 Å². The summed E-state index contributed by atoms with van der Waals surface area (Å²) in [4.78, 5) is 0. The SMILES string of the molecule is CCC[I-]c1c2c3ccc4c5c(ccc(c2c(C)c2c6ccc7c8ccc9c%10c(ccc(c%11ccc(c12)c6c7%11)c%108)=c1c(-c2ccc(C)cc2)c(-c2ccc(C)cc2)c(-c2ccc(C)cc2)c(-c2ccc(C)cc2)c1=9)c53)-c1c(-c2ccc(C)cc2)c(-c2ccc(C)cc2)c(-c2ccc(C)cc2)c(-c2ccc(C)cc2)c1-4. The Bertz CT molecular complexity index is 7210. The molecule has 0 N–H and O–H groups in total. The number of alkyl halides is 1. The second kappa shape index (κ2) is 23.9. The zero-order valence-electron chi connectivity index (χ0n) is 63.2. The summed E-state index contributed by atoms with van der Waals surface area (Å²) in [6, 6.07) is 105. The fourth-order valence-electron chi connectivity index (χ4n) is 20.0. The molecule has 0 radical (unpaired) electrons. The quantitative estimate of drug-likeness (QED) is 0.0524. The molecule has 109 heavy (non-hydrogen) atoms. The van der Waals surface area contributed by atoms with Crippen LogP contribution in [-0.4, -0.2) is 4.43 Å². The van der Waals surface area contributed by atoms with Crippen LogP contribution in [0.25, 0.3) is 208 Å². The molecule has 20 aromatic rings. The van der Waals surface area contributed by atoms with Gasteiger partial charge in [0.15, 0.2) is 0 Å². The molecule has 2 aliphatic rings. The Morgan fingerprint density at radius 2 is 0.422 bits per heavy atom. The third-order valence-corrected chi connectivity index (χ3v) is 28.5. The van der Waals surface area contributed by atoms with Gasteiger partial charge in [-0.05, 0) is 88.8 Å². The number of halogens is 1. The summed E-state index contributed by atoms with van der Waals surface area (Å²) >= 11 is -0.446. The molecule has 0 atom stereocenters. The molecule has 2 aliphatic carbocycles. The van der Waals surface area contributed by atoms with Gasteiger partial charge in [0.05, 0.1) is 0 Å². The van der Waals surface area contributed by atoms with Crippen molar-refractivity contribution in [1.29, 1.82) is 0 Å². The van der Waals surface area contributed by atoms with E-state index in [0.717, 1.165) is 6.42 Å². The molecule has 0 nitrogen and oxygen atoms in total. The molecule has 0 amide bonds. The first kappa shape index (κ1) is 64.4. The van der Waals surface area contributed by atoms with Crippen molar-refractivity contribution in [2.75, 3.05) is 4.43 Å². The second-order valence-corrected chi connectivity index (χ2v) is 34.8. The van der Waals surface area contributed by atoms with E-state index in [9.17, 15) is 0 Å². The topological polar surface area (TPSA) is 0 Å². The second-order valence-electron chi connectivity index (χ2n) is 31.9. The molecule has 0 saturated carbocycles. The molecule has 0 fully saturated rings. The van der Waals surface area contributed by atoms with Crippen LogP contribution in [0.2, 0.25) is 0 Å². The summed E-state index contributed by atoms with van der Waals surface area (Å²) < 4.78 is 2.82. The van der Waals surface area contributed by atoms with Gasteiger partial charge in [-0.15, -0.1) is 0 Å². The zero-order chi connectivity index (χ0) is 73.3. The molecule has 1 heteroatoms. The van der Waals surface area contributed by atoms with E-state index in [4.69, 9.17) is 0 Å². The average Bonchev–Trinajstić information content (AvgIpc) is 1.51. The predicted octanol–water partition coefficient (Wildman–Crippen LogP) is 26.7. The first-order chi connectivity index (χ1) is 53.3. The average molecular weight is 1500 g/mol. The maximum atomic E-state index is 2.57. The van der Waals surface area contributed by atoms with Crippen molar-refractivity contribution in [3.63, 3.8) is 0 Å². The van der Waals surface area contributed by atoms with Crippen LogP contribution in [0.4, 0.5) is 0 Å². The molecule has 20 aromatic carbocycles. The number of benzene rings is 18. The number of hydrogen-bond donors (Lipinski definition) is 0. The minimum atomic E-state index is -0.446. The Balaban J connectivity index is 0.841. The normalized spacial score (nSPS) is 12.5. The van der Waals surface area contributed by atoms with E-state index in [0.29, 0.717) is 0 Å². The van der Waals surface area contributed by atoms with Gasteiger partial charge in [-0.3, -0.25) is 0 Å². The molecule has 0 bridgehead atoms. The van der Waals surface area contributed by atoms with Crippen LogP contribution < -0.4 is 21.2 Å². The van der Waals surface area contributed by atoms with Crippen LogP contribution in [0, 0.1) is 86.8 Å². The van der Waals surface area contributed by atoms with Crippen molar-refractivity contribution >= 4 is 97.0 Å². The van der Waals surface area contributed by atoms with Crippen molar-refractivity contribution in [2.45, 2.75) is 75.7 Å². The molecule has 22 rings (SSSR count). The van der Waals surface area contributed by atoms with Crippen LogP contribution >= 0.6 is 0 Å². The van der Waals surface area contributed by atoms with Crippen molar-refractivity contribution < 1.29 is 21.2 Å². The minimum absolute atomic E-state index is 0.446. The molecular weight excluding hydrogens is 1420 g/mol. The van der Waals surface area contributed by atoms with Gasteiger partial charge in [-0.25, -0.2) is 0 Å². The Hall–Kier alpha value is -11.8. The monoisotopic (exact) mass is 1500 g/mol. The van der Waals surface area contributed by atoms with Crippen LogP contribution in [0.15, 0.2) is 267 Å². The zero-order valence-corrected chi connectivity index (χ0v) is 65.4. The first-order valence-electron chi connectivity index (χ1n) is 38.9. The maximum absolute atomic E-state index is 2.57. The van der Waals surface area contributed by atoms with Gasteiger partial charge in [0.1, 0.15) is 0 Å². The van der Waals surface area contributed by atoms with Crippen molar-refractivity contribution in [3.8, 4) is 111 Å². The van der Waals surface area contributed by atoms with Crippen LogP contribution in [0.3, 0.4) is 0 Å². The van der Waals surface area contributed by atoms with Gasteiger partial charge in [0.2, 0.25) is 0 Å². The fourth-order valence-corrected chi connectivity index (χ4v) is 23.0. The molecule has 0 aromatic heterocycles. The van der Waals surface area contributed by atoms with E-state index in [-0.39, 0.29) is 0 Å². The Morgan fingerprint density at radius 3 is 0.734 bits per heavy atom. The first-order valence-corrected chi connectivity index (χ1v) is 41.6. The van der Waals surface area contributed by atoms with Gasteiger partial charge in [-0.1, -0.05) is 130 Å². The van der Waals surface area contributed by atoms with Crippen LogP contribution in [-0.2, 0) is 0 Å². The summed E-state index contributed by atoms with van der Waals surface area (Å²) in [5, 5.41) is 30.3. The van der Waals surface area contributed by atoms with Gasteiger partial charge >= 0.3 is 432 Å². The third-order valence-electron chi connectivity index (χ3n) is 25.0. The number of hydrogen-bond acceptors (Lipinski definition) is 0. The summed E-state index contributed by atoms with van der Waals surface area (Å²) in [6.07, 6.45) is 1.15. The Morgan fingerprint density at radius 1 is 0.193 bits per heavy atom. The summed E-state index contributed by atoms with van der Waals surface area (Å²) in [6.45, 7) is 22.6. The van der Waals surface area contributed by atoms with E-state index in [1.54, 1.807) is 3.57 Å².